The lowest BCUT2D eigenvalue weighted by atomic mass is 9.79. The molecule has 102 valence electrons. The lowest BCUT2D eigenvalue weighted by molar-refractivity contribution is 0.0744. The van der Waals surface area contributed by atoms with Crippen LogP contribution in [0.15, 0.2) is 4.47 Å². The van der Waals surface area contributed by atoms with Gasteiger partial charge in [-0.25, -0.2) is 0 Å². The first-order chi connectivity index (χ1) is 8.49. The molecule has 3 nitrogen and oxygen atoms in total. The number of aliphatic hydroxyl groups excluding tert-OH is 1. The predicted molar refractivity (Wildman–Crippen MR) is 76.5 cm³/mol. The maximum Gasteiger partial charge on any atom is 0.0738 e. The fourth-order valence-electron chi connectivity index (χ4n) is 2.94. The van der Waals surface area contributed by atoms with Crippen LogP contribution in [0.25, 0.3) is 0 Å². The summed E-state index contributed by atoms with van der Waals surface area (Å²) >= 11 is 3.57. The first-order valence-corrected chi connectivity index (χ1v) is 7.64. The second kappa shape index (κ2) is 5.74. The van der Waals surface area contributed by atoms with Gasteiger partial charge in [-0.1, -0.05) is 19.8 Å². The zero-order chi connectivity index (χ0) is 13.3. The highest BCUT2D eigenvalue weighted by molar-refractivity contribution is 9.10. The number of aliphatic hydroxyl groups is 1. The Morgan fingerprint density at radius 1 is 1.39 bits per heavy atom. The normalized spacial score (nSPS) is 26.3. The molecule has 1 saturated carbocycles. The van der Waals surface area contributed by atoms with E-state index in [1.807, 2.05) is 18.7 Å². The minimum atomic E-state index is -0.233. The average Bonchev–Trinajstić information content (AvgIpc) is 2.57. The van der Waals surface area contributed by atoms with Gasteiger partial charge in [0.15, 0.2) is 0 Å². The smallest absolute Gasteiger partial charge is 0.0738 e. The molecule has 1 aliphatic rings. The molecule has 0 saturated heterocycles. The molecule has 4 heteroatoms. The molecule has 1 aliphatic carbocycles. The van der Waals surface area contributed by atoms with Gasteiger partial charge >= 0.3 is 0 Å². The second-order valence-corrected chi connectivity index (χ2v) is 6.55. The molecule has 0 amide bonds. The lowest BCUT2D eigenvalue weighted by Gasteiger charge is -2.29. The molecule has 1 fully saturated rings. The number of aryl methyl sites for hydroxylation is 2. The standard InChI is InChI=1S/C14H23BrN2O/c1-9-4-6-11(7-5-9)13(18)8-12-14(15)10(2)16-17(12)3/h9,11,13,18H,4-8H2,1-3H3. The van der Waals surface area contributed by atoms with E-state index in [0.29, 0.717) is 12.3 Å². The van der Waals surface area contributed by atoms with Crippen LogP contribution in [0.3, 0.4) is 0 Å². The van der Waals surface area contributed by atoms with E-state index in [9.17, 15) is 5.11 Å². The Bertz CT molecular complexity index is 408. The first-order valence-electron chi connectivity index (χ1n) is 6.85. The van der Waals surface area contributed by atoms with Gasteiger partial charge in [0.2, 0.25) is 0 Å². The maximum absolute atomic E-state index is 10.4. The molecule has 1 aromatic rings. The van der Waals surface area contributed by atoms with E-state index in [1.165, 1.54) is 12.8 Å². The largest absolute Gasteiger partial charge is 0.392 e. The third kappa shape index (κ3) is 2.97. The van der Waals surface area contributed by atoms with Gasteiger partial charge in [0, 0.05) is 13.5 Å². The monoisotopic (exact) mass is 314 g/mol. The summed E-state index contributed by atoms with van der Waals surface area (Å²) in [5.74, 6) is 1.29. The summed E-state index contributed by atoms with van der Waals surface area (Å²) in [4.78, 5) is 0. The molecule has 1 aromatic heterocycles. The Morgan fingerprint density at radius 2 is 2.00 bits per heavy atom. The van der Waals surface area contributed by atoms with Crippen molar-refractivity contribution in [1.29, 1.82) is 0 Å². The van der Waals surface area contributed by atoms with Gasteiger partial charge in [0.1, 0.15) is 0 Å². The van der Waals surface area contributed by atoms with Crippen molar-refractivity contribution in [2.75, 3.05) is 0 Å². The van der Waals surface area contributed by atoms with Gasteiger partial charge in [-0.3, -0.25) is 4.68 Å². The molecule has 2 rings (SSSR count). The van der Waals surface area contributed by atoms with Crippen LogP contribution in [-0.4, -0.2) is 21.0 Å². The number of hydrogen-bond donors (Lipinski definition) is 1. The van der Waals surface area contributed by atoms with Crippen molar-refractivity contribution >= 4 is 15.9 Å². The topological polar surface area (TPSA) is 38.0 Å². The summed E-state index contributed by atoms with van der Waals surface area (Å²) < 4.78 is 2.93. The summed E-state index contributed by atoms with van der Waals surface area (Å²) in [5, 5.41) is 14.8. The quantitative estimate of drug-likeness (QED) is 0.930. The van der Waals surface area contributed by atoms with Crippen LogP contribution in [0, 0.1) is 18.8 Å². The van der Waals surface area contributed by atoms with Crippen LogP contribution in [0.1, 0.15) is 44.0 Å². The van der Waals surface area contributed by atoms with E-state index in [-0.39, 0.29) is 6.10 Å². The number of aromatic nitrogens is 2. The van der Waals surface area contributed by atoms with Gasteiger partial charge in [0.05, 0.1) is 22.0 Å². The SMILES string of the molecule is Cc1nn(C)c(CC(O)C2CCC(C)CC2)c1Br. The van der Waals surface area contributed by atoms with Crippen LogP contribution in [0.2, 0.25) is 0 Å². The van der Waals surface area contributed by atoms with E-state index in [1.54, 1.807) is 0 Å². The second-order valence-electron chi connectivity index (χ2n) is 5.76. The number of halogens is 1. The lowest BCUT2D eigenvalue weighted by Crippen LogP contribution is -2.27. The zero-order valence-corrected chi connectivity index (χ0v) is 13.1. The van der Waals surface area contributed by atoms with Gasteiger partial charge < -0.3 is 5.11 Å². The van der Waals surface area contributed by atoms with E-state index < -0.39 is 0 Å². The summed E-state index contributed by atoms with van der Waals surface area (Å²) in [7, 11) is 1.95. The van der Waals surface area contributed by atoms with Crippen molar-refractivity contribution in [3.63, 3.8) is 0 Å². The number of nitrogens with zero attached hydrogens (tertiary/aromatic N) is 2. The molecule has 1 atom stereocenters. The van der Waals surface area contributed by atoms with E-state index in [4.69, 9.17) is 0 Å². The minimum absolute atomic E-state index is 0.233. The molecule has 1 heterocycles. The van der Waals surface area contributed by atoms with Gasteiger partial charge in [-0.05, 0) is 47.5 Å². The van der Waals surface area contributed by atoms with Crippen LogP contribution in [0.5, 0.6) is 0 Å². The Hall–Kier alpha value is -0.350. The number of hydrogen-bond acceptors (Lipinski definition) is 2. The van der Waals surface area contributed by atoms with Crippen molar-refractivity contribution in [1.82, 2.24) is 9.78 Å². The third-order valence-corrected chi connectivity index (χ3v) is 5.30. The molecular formula is C14H23BrN2O. The van der Waals surface area contributed by atoms with Gasteiger partial charge in [-0.2, -0.15) is 5.10 Å². The summed E-state index contributed by atoms with van der Waals surface area (Å²) in [6, 6.07) is 0. The van der Waals surface area contributed by atoms with Crippen LogP contribution >= 0.6 is 15.9 Å². The Balaban J connectivity index is 2.00. The van der Waals surface area contributed by atoms with Crippen molar-refractivity contribution in [2.45, 2.75) is 52.1 Å². The molecule has 0 aliphatic heterocycles. The molecule has 0 aromatic carbocycles. The molecule has 1 N–H and O–H groups in total. The number of rotatable bonds is 3. The average molecular weight is 315 g/mol. The van der Waals surface area contributed by atoms with Crippen LogP contribution < -0.4 is 0 Å². The molecule has 0 radical (unpaired) electrons. The zero-order valence-electron chi connectivity index (χ0n) is 11.5. The summed E-state index contributed by atoms with van der Waals surface area (Å²) in [6.07, 6.45) is 5.31. The highest BCUT2D eigenvalue weighted by Gasteiger charge is 2.26. The first kappa shape index (κ1) is 14.1. The summed E-state index contributed by atoms with van der Waals surface area (Å²) in [5.41, 5.74) is 2.11. The molecule has 0 bridgehead atoms. The third-order valence-electron chi connectivity index (χ3n) is 4.27. The molecular weight excluding hydrogens is 292 g/mol. The highest BCUT2D eigenvalue weighted by Crippen LogP contribution is 2.32. The fourth-order valence-corrected chi connectivity index (χ4v) is 3.44. The van der Waals surface area contributed by atoms with E-state index >= 15 is 0 Å². The predicted octanol–water partition coefficient (Wildman–Crippen LogP) is 3.22. The molecule has 18 heavy (non-hydrogen) atoms. The van der Waals surface area contributed by atoms with Crippen molar-refractivity contribution in [3.8, 4) is 0 Å². The van der Waals surface area contributed by atoms with Crippen LogP contribution in [-0.2, 0) is 13.5 Å². The van der Waals surface area contributed by atoms with E-state index in [0.717, 1.165) is 34.6 Å². The Labute approximate surface area is 118 Å². The van der Waals surface area contributed by atoms with E-state index in [2.05, 4.69) is 28.0 Å². The Kier molecular flexibility index (Phi) is 4.49. The van der Waals surface area contributed by atoms with Crippen LogP contribution in [0.4, 0.5) is 0 Å². The minimum Gasteiger partial charge on any atom is -0.392 e. The molecule has 0 spiro atoms. The highest BCUT2D eigenvalue weighted by atomic mass is 79.9. The fraction of sp³-hybridized carbons (Fsp3) is 0.786. The van der Waals surface area contributed by atoms with Gasteiger partial charge in [-0.15, -0.1) is 0 Å². The van der Waals surface area contributed by atoms with Crippen molar-refractivity contribution < 1.29 is 5.11 Å². The van der Waals surface area contributed by atoms with Crippen molar-refractivity contribution in [2.24, 2.45) is 18.9 Å². The molecule has 1 unspecified atom stereocenters. The van der Waals surface area contributed by atoms with Crippen molar-refractivity contribution in [3.05, 3.63) is 15.9 Å². The Morgan fingerprint density at radius 3 is 2.50 bits per heavy atom. The maximum atomic E-state index is 10.4. The summed E-state index contributed by atoms with van der Waals surface area (Å²) in [6.45, 7) is 4.30. The van der Waals surface area contributed by atoms with Gasteiger partial charge in [0.25, 0.3) is 0 Å².